The Morgan fingerprint density at radius 3 is 2.75 bits per heavy atom. The van der Waals surface area contributed by atoms with Crippen LogP contribution in [0.2, 0.25) is 0 Å². The first-order valence-corrected chi connectivity index (χ1v) is 5.66. The highest BCUT2D eigenvalue weighted by Crippen LogP contribution is 2.18. The molecule has 1 amide bonds. The lowest BCUT2D eigenvalue weighted by atomic mass is 10.1. The van der Waals surface area contributed by atoms with Gasteiger partial charge in [0.15, 0.2) is 0 Å². The van der Waals surface area contributed by atoms with Crippen molar-refractivity contribution >= 4 is 17.4 Å². The predicted molar refractivity (Wildman–Crippen MR) is 70.0 cm³/mol. The number of hydrogen-bond donors (Lipinski definition) is 1. The number of non-ortho nitro benzene ring substituents is 1. The topological polar surface area (TPSA) is 85.1 Å². The Morgan fingerprint density at radius 2 is 2.10 bits per heavy atom. The molecule has 102 valence electrons. The first-order chi connectivity index (χ1) is 9.47. The van der Waals surface area contributed by atoms with Crippen LogP contribution in [0.5, 0.6) is 0 Å². The summed E-state index contributed by atoms with van der Waals surface area (Å²) in [6.45, 7) is 1.74. The third-order valence-electron chi connectivity index (χ3n) is 2.54. The first kappa shape index (κ1) is 13.6. The molecule has 1 N–H and O–H groups in total. The number of pyridine rings is 1. The lowest BCUT2D eigenvalue weighted by Crippen LogP contribution is -2.15. The maximum Gasteiger partial charge on any atom is 0.270 e. The van der Waals surface area contributed by atoms with Crippen LogP contribution in [0, 0.1) is 22.9 Å². The average molecular weight is 275 g/mol. The van der Waals surface area contributed by atoms with Gasteiger partial charge in [0, 0.05) is 17.8 Å². The zero-order valence-electron chi connectivity index (χ0n) is 10.5. The van der Waals surface area contributed by atoms with Crippen molar-refractivity contribution < 1.29 is 14.1 Å². The van der Waals surface area contributed by atoms with Gasteiger partial charge >= 0.3 is 0 Å². The second kappa shape index (κ2) is 5.43. The van der Waals surface area contributed by atoms with Gasteiger partial charge in [-0.25, -0.2) is 9.37 Å². The molecule has 0 aliphatic rings. The summed E-state index contributed by atoms with van der Waals surface area (Å²) in [5, 5.41) is 13.0. The summed E-state index contributed by atoms with van der Waals surface area (Å²) in [6.07, 6.45) is 0. The van der Waals surface area contributed by atoms with Gasteiger partial charge in [-0.1, -0.05) is 6.07 Å². The van der Waals surface area contributed by atoms with E-state index in [9.17, 15) is 19.3 Å². The smallest absolute Gasteiger partial charge is 0.270 e. The molecule has 7 heteroatoms. The van der Waals surface area contributed by atoms with E-state index in [4.69, 9.17) is 0 Å². The van der Waals surface area contributed by atoms with Gasteiger partial charge in [-0.2, -0.15) is 0 Å². The molecule has 2 aromatic rings. The fourth-order valence-corrected chi connectivity index (χ4v) is 1.60. The molecule has 0 saturated carbocycles. The third-order valence-corrected chi connectivity index (χ3v) is 2.54. The first-order valence-electron chi connectivity index (χ1n) is 5.66. The quantitative estimate of drug-likeness (QED) is 0.689. The lowest BCUT2D eigenvalue weighted by molar-refractivity contribution is -0.384. The van der Waals surface area contributed by atoms with Gasteiger partial charge < -0.3 is 5.32 Å². The van der Waals surface area contributed by atoms with Crippen molar-refractivity contribution in [2.45, 2.75) is 6.92 Å². The highest BCUT2D eigenvalue weighted by atomic mass is 19.1. The number of aromatic nitrogens is 1. The van der Waals surface area contributed by atoms with Crippen LogP contribution in [0.4, 0.5) is 15.9 Å². The number of anilines is 1. The van der Waals surface area contributed by atoms with E-state index in [1.54, 1.807) is 25.1 Å². The van der Waals surface area contributed by atoms with Crippen LogP contribution in [0.3, 0.4) is 0 Å². The Kier molecular flexibility index (Phi) is 3.69. The number of nitro groups is 1. The fourth-order valence-electron chi connectivity index (χ4n) is 1.60. The molecule has 1 aromatic carbocycles. The number of nitro benzene ring substituents is 1. The van der Waals surface area contributed by atoms with E-state index in [1.807, 2.05) is 0 Å². The molecule has 0 unspecified atom stereocenters. The minimum absolute atomic E-state index is 0.251. The van der Waals surface area contributed by atoms with Crippen molar-refractivity contribution in [2.75, 3.05) is 5.32 Å². The molecule has 0 fully saturated rings. The van der Waals surface area contributed by atoms with Gasteiger partial charge in [0.25, 0.3) is 11.6 Å². The molecule has 1 heterocycles. The lowest BCUT2D eigenvalue weighted by Gasteiger charge is -2.06. The van der Waals surface area contributed by atoms with Crippen molar-refractivity contribution in [2.24, 2.45) is 0 Å². The molecular formula is C13H10FN3O3. The van der Waals surface area contributed by atoms with Crippen LogP contribution in [-0.4, -0.2) is 15.8 Å². The number of rotatable bonds is 3. The van der Waals surface area contributed by atoms with Crippen molar-refractivity contribution in [1.82, 2.24) is 4.98 Å². The van der Waals surface area contributed by atoms with E-state index in [-0.39, 0.29) is 11.5 Å². The summed E-state index contributed by atoms with van der Waals surface area (Å²) < 4.78 is 13.6. The number of carbonyl (C=O) groups is 1. The van der Waals surface area contributed by atoms with E-state index in [0.29, 0.717) is 5.69 Å². The van der Waals surface area contributed by atoms with Gasteiger partial charge in [-0.15, -0.1) is 0 Å². The number of amides is 1. The highest BCUT2D eigenvalue weighted by Gasteiger charge is 2.17. The Morgan fingerprint density at radius 1 is 1.35 bits per heavy atom. The van der Waals surface area contributed by atoms with Crippen LogP contribution in [-0.2, 0) is 0 Å². The number of benzene rings is 1. The normalized spacial score (nSPS) is 10.1. The Labute approximate surface area is 113 Å². The summed E-state index contributed by atoms with van der Waals surface area (Å²) in [6, 6.07) is 7.74. The zero-order valence-corrected chi connectivity index (χ0v) is 10.5. The average Bonchev–Trinajstić information content (AvgIpc) is 2.38. The molecule has 0 bridgehead atoms. The molecule has 0 atom stereocenters. The number of nitrogens with one attached hydrogen (secondary N) is 1. The predicted octanol–water partition coefficient (Wildman–Crippen LogP) is 2.69. The molecule has 2 rings (SSSR count). The van der Waals surface area contributed by atoms with E-state index >= 15 is 0 Å². The Balaban J connectivity index is 2.29. The zero-order chi connectivity index (χ0) is 14.7. The minimum Gasteiger partial charge on any atom is -0.306 e. The van der Waals surface area contributed by atoms with Crippen molar-refractivity contribution in [3.8, 4) is 0 Å². The number of hydrogen-bond acceptors (Lipinski definition) is 4. The summed E-state index contributed by atoms with van der Waals surface area (Å²) in [7, 11) is 0. The largest absolute Gasteiger partial charge is 0.306 e. The molecular weight excluding hydrogens is 265 g/mol. The van der Waals surface area contributed by atoms with Crippen molar-refractivity contribution in [3.05, 3.63) is 63.6 Å². The van der Waals surface area contributed by atoms with Crippen molar-refractivity contribution in [3.63, 3.8) is 0 Å². The van der Waals surface area contributed by atoms with Crippen LogP contribution in [0.15, 0.2) is 36.4 Å². The van der Waals surface area contributed by atoms with Gasteiger partial charge in [0.05, 0.1) is 10.5 Å². The SMILES string of the molecule is Cc1cccc(NC(=O)c2cc([N+](=O)[O-])ccc2F)n1. The van der Waals surface area contributed by atoms with Gasteiger partial charge in [0.2, 0.25) is 0 Å². The maximum absolute atomic E-state index is 13.6. The van der Waals surface area contributed by atoms with Crippen LogP contribution in [0.1, 0.15) is 16.1 Å². The second-order valence-corrected chi connectivity index (χ2v) is 4.04. The molecule has 0 aliphatic heterocycles. The third kappa shape index (κ3) is 2.94. The second-order valence-electron chi connectivity index (χ2n) is 4.04. The highest BCUT2D eigenvalue weighted by molar-refractivity contribution is 6.04. The molecule has 0 spiro atoms. The standard InChI is InChI=1S/C13H10FN3O3/c1-8-3-2-4-12(15-8)16-13(18)10-7-9(17(19)20)5-6-11(10)14/h2-7H,1H3,(H,15,16,18). The molecule has 20 heavy (non-hydrogen) atoms. The molecule has 1 aromatic heterocycles. The van der Waals surface area contributed by atoms with Gasteiger partial charge in [-0.05, 0) is 25.1 Å². The van der Waals surface area contributed by atoms with Crippen LogP contribution in [0.25, 0.3) is 0 Å². The number of aryl methyl sites for hydroxylation is 1. The Bertz CT molecular complexity index is 688. The number of halogens is 1. The number of nitrogens with zero attached hydrogens (tertiary/aromatic N) is 2. The molecule has 0 radical (unpaired) electrons. The van der Waals surface area contributed by atoms with Crippen molar-refractivity contribution in [1.29, 1.82) is 0 Å². The van der Waals surface area contributed by atoms with Crippen LogP contribution >= 0.6 is 0 Å². The monoisotopic (exact) mass is 275 g/mol. The fraction of sp³-hybridized carbons (Fsp3) is 0.0769. The van der Waals surface area contributed by atoms with E-state index in [1.165, 1.54) is 0 Å². The molecule has 0 saturated heterocycles. The minimum atomic E-state index is -0.833. The van der Waals surface area contributed by atoms with E-state index in [0.717, 1.165) is 18.2 Å². The van der Waals surface area contributed by atoms with Gasteiger partial charge in [0.1, 0.15) is 11.6 Å². The maximum atomic E-state index is 13.6. The Hall–Kier alpha value is -2.83. The van der Waals surface area contributed by atoms with Gasteiger partial charge in [-0.3, -0.25) is 14.9 Å². The summed E-state index contributed by atoms with van der Waals surface area (Å²) in [5.41, 5.74) is -0.0708. The van der Waals surface area contributed by atoms with Crippen LogP contribution < -0.4 is 5.32 Å². The summed E-state index contributed by atoms with van der Waals surface area (Å²) in [5.74, 6) is -1.37. The summed E-state index contributed by atoms with van der Waals surface area (Å²) >= 11 is 0. The number of carbonyl (C=O) groups excluding carboxylic acids is 1. The van der Waals surface area contributed by atoms with E-state index in [2.05, 4.69) is 10.3 Å². The molecule has 6 nitrogen and oxygen atoms in total. The van der Waals surface area contributed by atoms with E-state index < -0.39 is 22.2 Å². The summed E-state index contributed by atoms with van der Waals surface area (Å²) in [4.78, 5) is 25.9. The molecule has 0 aliphatic carbocycles.